The van der Waals surface area contributed by atoms with Gasteiger partial charge in [0.05, 0.1) is 32.4 Å². The van der Waals surface area contributed by atoms with Crippen molar-refractivity contribution >= 4 is 5.91 Å². The maximum atomic E-state index is 12.8. The van der Waals surface area contributed by atoms with Crippen LogP contribution in [0.2, 0.25) is 0 Å². The molecule has 0 N–H and O–H groups in total. The van der Waals surface area contributed by atoms with Gasteiger partial charge in [0, 0.05) is 26.7 Å². The molecule has 138 valence electrons. The summed E-state index contributed by atoms with van der Waals surface area (Å²) in [4.78, 5) is 14.7. The Morgan fingerprint density at radius 3 is 2.46 bits per heavy atom. The lowest BCUT2D eigenvalue weighted by Crippen LogP contribution is -2.54. The summed E-state index contributed by atoms with van der Waals surface area (Å²) in [6.07, 6.45) is 6.11. The molecule has 3 aliphatic rings. The van der Waals surface area contributed by atoms with E-state index in [1.165, 1.54) is 0 Å². The van der Waals surface area contributed by atoms with Crippen LogP contribution in [0.5, 0.6) is 11.5 Å². The minimum absolute atomic E-state index is 0.00360. The minimum Gasteiger partial charge on any atom is -0.493 e. The van der Waals surface area contributed by atoms with Crippen LogP contribution in [0.25, 0.3) is 0 Å². The number of rotatable bonds is 4. The van der Waals surface area contributed by atoms with Crippen molar-refractivity contribution in [2.24, 2.45) is 0 Å². The number of nitrogens with zero attached hydrogens (tertiary/aromatic N) is 1. The first-order valence-electron chi connectivity index (χ1n) is 8.63. The number of fused-ring (bicyclic) bond motifs is 1. The van der Waals surface area contributed by atoms with Crippen LogP contribution in [-0.2, 0) is 19.8 Å². The Kier molecular flexibility index (Phi) is 4.04. The summed E-state index contributed by atoms with van der Waals surface area (Å²) >= 11 is 0. The molecule has 0 saturated heterocycles. The van der Waals surface area contributed by atoms with Gasteiger partial charge in [0.1, 0.15) is 6.10 Å². The van der Waals surface area contributed by atoms with Gasteiger partial charge in [-0.05, 0) is 28.8 Å². The Labute approximate surface area is 153 Å². The van der Waals surface area contributed by atoms with Gasteiger partial charge in [-0.1, -0.05) is 12.2 Å². The van der Waals surface area contributed by atoms with E-state index < -0.39 is 5.54 Å². The van der Waals surface area contributed by atoms with Crippen LogP contribution in [0, 0.1) is 0 Å². The molecule has 0 radical (unpaired) electrons. The SMILES string of the molecule is COc1cc2c(cc1OC)C13CC(OC)C=CC1=CC(=O)N3CC2OC. The number of ether oxygens (including phenoxy) is 4. The maximum Gasteiger partial charge on any atom is 0.248 e. The Balaban J connectivity index is 1.98. The highest BCUT2D eigenvalue weighted by Crippen LogP contribution is 2.55. The molecule has 0 bridgehead atoms. The molecule has 0 saturated carbocycles. The highest BCUT2D eigenvalue weighted by atomic mass is 16.5. The number of hydrogen-bond acceptors (Lipinski definition) is 5. The van der Waals surface area contributed by atoms with Crippen LogP contribution in [0.4, 0.5) is 0 Å². The monoisotopic (exact) mass is 357 g/mol. The largest absolute Gasteiger partial charge is 0.493 e. The third kappa shape index (κ3) is 2.15. The molecule has 1 aromatic carbocycles. The predicted octanol–water partition coefficient (Wildman–Crippen LogP) is 2.34. The number of hydrogen-bond donors (Lipinski definition) is 0. The molecule has 1 aromatic rings. The highest BCUT2D eigenvalue weighted by molar-refractivity contribution is 5.95. The van der Waals surface area contributed by atoms with E-state index in [1.54, 1.807) is 34.5 Å². The lowest BCUT2D eigenvalue weighted by molar-refractivity contribution is -0.134. The second-order valence-corrected chi connectivity index (χ2v) is 6.76. The molecule has 4 rings (SSSR count). The summed E-state index contributed by atoms with van der Waals surface area (Å²) in [5.41, 5.74) is 2.46. The summed E-state index contributed by atoms with van der Waals surface area (Å²) in [6, 6.07) is 3.94. The topological polar surface area (TPSA) is 57.2 Å². The second-order valence-electron chi connectivity index (χ2n) is 6.76. The Morgan fingerprint density at radius 2 is 1.81 bits per heavy atom. The fourth-order valence-electron chi connectivity index (χ4n) is 4.46. The van der Waals surface area contributed by atoms with Crippen molar-refractivity contribution < 1.29 is 23.7 Å². The minimum atomic E-state index is -0.559. The quantitative estimate of drug-likeness (QED) is 0.828. The van der Waals surface area contributed by atoms with Crippen molar-refractivity contribution in [1.82, 2.24) is 4.90 Å². The fourth-order valence-corrected chi connectivity index (χ4v) is 4.46. The second kappa shape index (κ2) is 6.14. The third-order valence-electron chi connectivity index (χ3n) is 5.75. The lowest BCUT2D eigenvalue weighted by Gasteiger charge is -2.49. The molecule has 6 heteroatoms. The molecule has 3 atom stereocenters. The Bertz CT molecular complexity index is 815. The summed E-state index contributed by atoms with van der Waals surface area (Å²) in [7, 11) is 6.59. The van der Waals surface area contributed by atoms with Gasteiger partial charge in [0.25, 0.3) is 0 Å². The standard InChI is InChI=1S/C20H23NO5/c1-23-13-6-5-12-7-19(22)21-11-18(26-4)14-8-16(24-2)17(25-3)9-15(14)20(12,21)10-13/h5-9,13,18H,10-11H2,1-4H3. The molecule has 6 nitrogen and oxygen atoms in total. The van der Waals surface area contributed by atoms with Gasteiger partial charge in [0.2, 0.25) is 5.91 Å². The van der Waals surface area contributed by atoms with Crippen molar-refractivity contribution in [1.29, 1.82) is 0 Å². The first-order chi connectivity index (χ1) is 12.6. The molecule has 26 heavy (non-hydrogen) atoms. The van der Waals surface area contributed by atoms with Crippen molar-refractivity contribution in [3.63, 3.8) is 0 Å². The first kappa shape index (κ1) is 17.1. The van der Waals surface area contributed by atoms with Crippen LogP contribution in [-0.4, -0.2) is 51.9 Å². The van der Waals surface area contributed by atoms with E-state index in [0.717, 1.165) is 16.7 Å². The van der Waals surface area contributed by atoms with E-state index >= 15 is 0 Å². The van der Waals surface area contributed by atoms with Gasteiger partial charge in [0.15, 0.2) is 11.5 Å². The van der Waals surface area contributed by atoms with Gasteiger partial charge in [-0.25, -0.2) is 0 Å². The predicted molar refractivity (Wildman–Crippen MR) is 95.3 cm³/mol. The fraction of sp³-hybridized carbons (Fsp3) is 0.450. The highest BCUT2D eigenvalue weighted by Gasteiger charge is 2.55. The maximum absolute atomic E-state index is 12.8. The van der Waals surface area contributed by atoms with Gasteiger partial charge in [-0.3, -0.25) is 4.79 Å². The number of amides is 1. The number of benzene rings is 1. The van der Waals surface area contributed by atoms with Gasteiger partial charge < -0.3 is 23.8 Å². The summed E-state index contributed by atoms with van der Waals surface area (Å²) in [6.45, 7) is 0.488. The van der Waals surface area contributed by atoms with Crippen LogP contribution >= 0.6 is 0 Å². The zero-order chi connectivity index (χ0) is 18.5. The van der Waals surface area contributed by atoms with E-state index in [2.05, 4.69) is 0 Å². The molecular formula is C20H23NO5. The van der Waals surface area contributed by atoms with Gasteiger partial charge >= 0.3 is 0 Å². The van der Waals surface area contributed by atoms with E-state index in [9.17, 15) is 4.79 Å². The van der Waals surface area contributed by atoms with Gasteiger partial charge in [-0.2, -0.15) is 0 Å². The number of methoxy groups -OCH3 is 4. The molecule has 1 amide bonds. The molecule has 1 aliphatic carbocycles. The normalized spacial score (nSPS) is 29.0. The smallest absolute Gasteiger partial charge is 0.248 e. The van der Waals surface area contributed by atoms with Crippen LogP contribution in [0.1, 0.15) is 23.7 Å². The zero-order valence-corrected chi connectivity index (χ0v) is 15.4. The average molecular weight is 357 g/mol. The molecule has 0 fully saturated rings. The van der Waals surface area contributed by atoms with Crippen LogP contribution in [0.3, 0.4) is 0 Å². The Hall–Kier alpha value is -2.31. The first-order valence-corrected chi connectivity index (χ1v) is 8.63. The van der Waals surface area contributed by atoms with Crippen LogP contribution in [0.15, 0.2) is 35.9 Å². The number of carbonyl (C=O) groups excluding carboxylic acids is 1. The third-order valence-corrected chi connectivity index (χ3v) is 5.75. The van der Waals surface area contributed by atoms with Gasteiger partial charge in [-0.15, -0.1) is 0 Å². The molecule has 3 unspecified atom stereocenters. The van der Waals surface area contributed by atoms with Crippen molar-refractivity contribution in [3.05, 3.63) is 47.1 Å². The van der Waals surface area contributed by atoms with Crippen molar-refractivity contribution in [2.45, 2.75) is 24.2 Å². The summed E-state index contributed by atoms with van der Waals surface area (Å²) in [5, 5.41) is 0. The average Bonchev–Trinajstić information content (AvgIpc) is 2.97. The van der Waals surface area contributed by atoms with E-state index in [-0.39, 0.29) is 18.1 Å². The summed E-state index contributed by atoms with van der Waals surface area (Å²) in [5.74, 6) is 1.30. The molecule has 0 aromatic heterocycles. The molecular weight excluding hydrogens is 334 g/mol. The lowest BCUT2D eigenvalue weighted by atomic mass is 9.70. The molecule has 2 heterocycles. The van der Waals surface area contributed by atoms with Crippen molar-refractivity contribution in [2.75, 3.05) is 35.0 Å². The summed E-state index contributed by atoms with van der Waals surface area (Å²) < 4.78 is 22.4. The number of carbonyl (C=O) groups is 1. The van der Waals surface area contributed by atoms with E-state index in [0.29, 0.717) is 24.5 Å². The Morgan fingerprint density at radius 1 is 1.08 bits per heavy atom. The van der Waals surface area contributed by atoms with E-state index in [1.807, 2.05) is 29.2 Å². The van der Waals surface area contributed by atoms with Crippen molar-refractivity contribution in [3.8, 4) is 11.5 Å². The van der Waals surface area contributed by atoms with Crippen LogP contribution < -0.4 is 9.47 Å². The van der Waals surface area contributed by atoms with E-state index in [4.69, 9.17) is 18.9 Å². The zero-order valence-electron chi connectivity index (χ0n) is 15.4. The molecule has 2 aliphatic heterocycles. The molecule has 1 spiro atoms.